The first-order chi connectivity index (χ1) is 7.59. The topological polar surface area (TPSA) is 47.8 Å². The van der Waals surface area contributed by atoms with Gasteiger partial charge in [-0.3, -0.25) is 8.78 Å². The van der Waals surface area contributed by atoms with E-state index in [1.807, 2.05) is 4.57 Å². The van der Waals surface area contributed by atoms with Crippen LogP contribution in [0.5, 0.6) is 0 Å². The third kappa shape index (κ3) is 2.63. The molecule has 0 aliphatic heterocycles. The van der Waals surface area contributed by atoms with Crippen molar-refractivity contribution >= 4 is 22.4 Å². The maximum Gasteiger partial charge on any atom is 0.225 e. The van der Waals surface area contributed by atoms with Gasteiger partial charge in [-0.05, 0) is 37.8 Å². The second kappa shape index (κ2) is 4.84. The minimum absolute atomic E-state index is 0.224. The summed E-state index contributed by atoms with van der Waals surface area (Å²) in [6, 6.07) is 0.224. The highest BCUT2D eigenvalue weighted by atomic mass is 35.5. The molecule has 4 nitrogen and oxygen atoms in total. The summed E-state index contributed by atoms with van der Waals surface area (Å²) in [6.45, 7) is 2.08. The predicted molar refractivity (Wildman–Crippen MR) is 65.3 cm³/mol. The molecule has 90 valence electrons. The molecular weight excluding hydrogens is 246 g/mol. The summed E-state index contributed by atoms with van der Waals surface area (Å²) in [6.07, 6.45) is 4.94. The fraction of sp³-hybridized carbons (Fsp3) is 0.800. The van der Waals surface area contributed by atoms with Gasteiger partial charge < -0.3 is 0 Å². The van der Waals surface area contributed by atoms with E-state index in [1.54, 1.807) is 6.26 Å². The van der Waals surface area contributed by atoms with Gasteiger partial charge in [0.1, 0.15) is 5.82 Å². The number of halogens is 1. The lowest BCUT2D eigenvalue weighted by Gasteiger charge is -2.15. The number of nitrogens with zero attached hydrogens (tertiary/aromatic N) is 3. The second-order valence-electron chi connectivity index (χ2n) is 4.39. The zero-order chi connectivity index (χ0) is 11.7. The highest BCUT2D eigenvalue weighted by Gasteiger charge is 2.31. The highest BCUT2D eigenvalue weighted by molar-refractivity contribution is 7.84. The molecule has 1 saturated carbocycles. The minimum Gasteiger partial charge on any atom is -0.299 e. The van der Waals surface area contributed by atoms with Crippen molar-refractivity contribution in [1.82, 2.24) is 14.8 Å². The van der Waals surface area contributed by atoms with Gasteiger partial charge in [-0.25, -0.2) is 0 Å². The van der Waals surface area contributed by atoms with E-state index in [1.165, 1.54) is 12.8 Å². The molecule has 1 aromatic heterocycles. The first-order valence-corrected chi connectivity index (χ1v) is 7.60. The summed E-state index contributed by atoms with van der Waals surface area (Å²) in [7, 11) is -0.753. The Morgan fingerprint density at radius 1 is 1.56 bits per heavy atom. The monoisotopic (exact) mass is 261 g/mol. The number of hydrogen-bond donors (Lipinski definition) is 0. The van der Waals surface area contributed by atoms with Crippen LogP contribution in [-0.2, 0) is 10.8 Å². The van der Waals surface area contributed by atoms with Crippen molar-refractivity contribution in [2.24, 2.45) is 0 Å². The van der Waals surface area contributed by atoms with Gasteiger partial charge in [0.15, 0.2) is 0 Å². The Kier molecular flexibility index (Phi) is 3.64. The van der Waals surface area contributed by atoms with Crippen LogP contribution in [0.25, 0.3) is 0 Å². The van der Waals surface area contributed by atoms with E-state index in [4.69, 9.17) is 11.6 Å². The molecule has 2 rings (SSSR count). The molecule has 6 heteroatoms. The zero-order valence-electron chi connectivity index (χ0n) is 9.52. The molecule has 16 heavy (non-hydrogen) atoms. The molecule has 1 aliphatic rings. The maximum absolute atomic E-state index is 11.1. The lowest BCUT2D eigenvalue weighted by atomic mass is 10.2. The number of aromatic nitrogens is 3. The summed E-state index contributed by atoms with van der Waals surface area (Å²) in [5.41, 5.74) is 0. The molecule has 1 aromatic rings. The Labute approximate surface area is 103 Å². The smallest absolute Gasteiger partial charge is 0.225 e. The van der Waals surface area contributed by atoms with Gasteiger partial charge in [0, 0.05) is 34.8 Å². The Bertz CT molecular complexity index is 403. The number of hydrogen-bond acceptors (Lipinski definition) is 3. The Balaban J connectivity index is 2.11. The van der Waals surface area contributed by atoms with Gasteiger partial charge in [0.2, 0.25) is 5.28 Å². The normalized spacial score (nSPS) is 19.7. The van der Waals surface area contributed by atoms with Crippen molar-refractivity contribution in [3.8, 4) is 0 Å². The average molecular weight is 262 g/mol. The van der Waals surface area contributed by atoms with E-state index in [2.05, 4.69) is 17.1 Å². The summed E-state index contributed by atoms with van der Waals surface area (Å²) in [5, 5.41) is 8.51. The molecule has 0 bridgehead atoms. The van der Waals surface area contributed by atoms with Crippen molar-refractivity contribution in [3.63, 3.8) is 0 Å². The third-order valence-electron chi connectivity index (χ3n) is 2.89. The molecule has 0 aromatic carbocycles. The van der Waals surface area contributed by atoms with Crippen molar-refractivity contribution in [2.75, 3.05) is 12.0 Å². The minimum atomic E-state index is -0.753. The first-order valence-electron chi connectivity index (χ1n) is 5.50. The van der Waals surface area contributed by atoms with E-state index in [0.717, 1.165) is 12.2 Å². The molecule has 2 atom stereocenters. The molecular formula is C10H16ClN3OS. The fourth-order valence-electron chi connectivity index (χ4n) is 1.78. The molecule has 0 spiro atoms. The van der Waals surface area contributed by atoms with E-state index >= 15 is 0 Å². The largest absolute Gasteiger partial charge is 0.299 e. The van der Waals surface area contributed by atoms with Crippen LogP contribution in [0.15, 0.2) is 0 Å². The van der Waals surface area contributed by atoms with E-state index < -0.39 is 10.8 Å². The van der Waals surface area contributed by atoms with Gasteiger partial charge >= 0.3 is 0 Å². The van der Waals surface area contributed by atoms with Gasteiger partial charge in [0.05, 0.1) is 0 Å². The molecule has 1 fully saturated rings. The summed E-state index contributed by atoms with van der Waals surface area (Å²) in [5.74, 6) is 2.23. The van der Waals surface area contributed by atoms with Crippen LogP contribution in [0.2, 0.25) is 5.28 Å². The van der Waals surface area contributed by atoms with Crippen LogP contribution in [0.4, 0.5) is 0 Å². The molecule has 0 amide bonds. The molecule has 0 radical (unpaired) electrons. The van der Waals surface area contributed by atoms with Crippen molar-refractivity contribution in [2.45, 2.75) is 38.1 Å². The predicted octanol–water partition coefficient (Wildman–Crippen LogP) is 2.14. The first kappa shape index (κ1) is 12.0. The quantitative estimate of drug-likeness (QED) is 0.816. The van der Waals surface area contributed by atoms with Crippen LogP contribution < -0.4 is 0 Å². The fourth-order valence-corrected chi connectivity index (χ4v) is 2.74. The molecule has 1 heterocycles. The highest BCUT2D eigenvalue weighted by Crippen LogP contribution is 2.40. The average Bonchev–Trinajstić information content (AvgIpc) is 2.99. The van der Waals surface area contributed by atoms with E-state index in [9.17, 15) is 4.21 Å². The SMILES string of the molecule is CC(CCS(C)=O)n1c(Cl)nnc1C1CC1. The lowest BCUT2D eigenvalue weighted by molar-refractivity contribution is 0.510. The van der Waals surface area contributed by atoms with Gasteiger partial charge in [-0.15, -0.1) is 10.2 Å². The second-order valence-corrected chi connectivity index (χ2v) is 6.28. The Morgan fingerprint density at radius 2 is 2.25 bits per heavy atom. The summed E-state index contributed by atoms with van der Waals surface area (Å²) >= 11 is 6.04. The van der Waals surface area contributed by atoms with E-state index in [0.29, 0.717) is 17.0 Å². The number of rotatable bonds is 5. The Morgan fingerprint density at radius 3 is 2.81 bits per heavy atom. The van der Waals surface area contributed by atoms with Crippen LogP contribution in [-0.4, -0.2) is 31.0 Å². The van der Waals surface area contributed by atoms with Crippen LogP contribution in [0, 0.1) is 0 Å². The van der Waals surface area contributed by atoms with Crippen LogP contribution in [0.3, 0.4) is 0 Å². The van der Waals surface area contributed by atoms with Crippen molar-refractivity contribution in [3.05, 3.63) is 11.1 Å². The molecule has 0 saturated heterocycles. The lowest BCUT2D eigenvalue weighted by Crippen LogP contribution is -2.12. The van der Waals surface area contributed by atoms with Crippen molar-refractivity contribution < 1.29 is 4.21 Å². The molecule has 2 unspecified atom stereocenters. The van der Waals surface area contributed by atoms with Crippen molar-refractivity contribution in [1.29, 1.82) is 0 Å². The van der Waals surface area contributed by atoms with Crippen LogP contribution in [0.1, 0.15) is 44.0 Å². The van der Waals surface area contributed by atoms with Gasteiger partial charge in [-0.1, -0.05) is 0 Å². The van der Waals surface area contributed by atoms with E-state index in [-0.39, 0.29) is 6.04 Å². The van der Waals surface area contributed by atoms with Gasteiger partial charge in [0.25, 0.3) is 0 Å². The summed E-state index contributed by atoms with van der Waals surface area (Å²) in [4.78, 5) is 0. The molecule has 1 aliphatic carbocycles. The van der Waals surface area contributed by atoms with Gasteiger partial charge in [-0.2, -0.15) is 0 Å². The standard InChI is InChI=1S/C10H16ClN3OS/c1-7(5-6-16(2)15)14-9(8-3-4-8)12-13-10(14)11/h7-8H,3-6H2,1-2H3. The molecule has 0 N–H and O–H groups in total. The maximum atomic E-state index is 11.1. The van der Waals surface area contributed by atoms with Crippen LogP contribution >= 0.6 is 11.6 Å². The summed E-state index contributed by atoms with van der Waals surface area (Å²) < 4.78 is 13.1. The zero-order valence-corrected chi connectivity index (χ0v) is 11.1. The Hall–Kier alpha value is -0.420. The third-order valence-corrected chi connectivity index (χ3v) is 3.96.